The normalized spacial score (nSPS) is 10.9. The van der Waals surface area contributed by atoms with Crippen molar-refractivity contribution in [1.29, 1.82) is 0 Å². The maximum Gasteiger partial charge on any atom is 0.187 e. The minimum absolute atomic E-state index is 0.132. The zero-order valence-corrected chi connectivity index (χ0v) is 15.3. The highest BCUT2D eigenvalue weighted by Gasteiger charge is 2.32. The Morgan fingerprint density at radius 2 is 0.706 bits per heavy atom. The van der Waals surface area contributed by atoms with Gasteiger partial charge < -0.3 is 19.8 Å². The molecule has 0 radical (unpaired) electrons. The summed E-state index contributed by atoms with van der Waals surface area (Å²) in [7, 11) is -1.47. The fourth-order valence-electron chi connectivity index (χ4n) is 0. The lowest BCUT2D eigenvalue weighted by Crippen LogP contribution is -2.36. The molecule has 0 aromatic carbocycles. The second kappa shape index (κ2) is 11.4. The monoisotopic (exact) mass is 286 g/mol. The van der Waals surface area contributed by atoms with Crippen LogP contribution in [0.15, 0.2) is 0 Å². The molecule has 0 saturated carbocycles. The van der Waals surface area contributed by atoms with Crippen molar-refractivity contribution in [1.82, 2.24) is 0 Å². The second-order valence-corrected chi connectivity index (χ2v) is 14.9. The van der Waals surface area contributed by atoms with Crippen molar-refractivity contribution >= 4 is 16.6 Å². The van der Waals surface area contributed by atoms with E-state index < -0.39 is 16.6 Å². The van der Waals surface area contributed by atoms with Gasteiger partial charge >= 0.3 is 0 Å². The summed E-state index contributed by atoms with van der Waals surface area (Å²) in [4.78, 5) is 18.2. The van der Waals surface area contributed by atoms with Crippen LogP contribution in [0.4, 0.5) is 0 Å². The maximum atomic E-state index is 9.49. The standard InChI is InChI=1S/C6H16OSi.C3H10OSi.2CH4O/c1-6(2,3)8(4,5)7;1-5(2,3)4;2*1-2/h7H,1-5H3;4H,1-3H3;2*2H,1H3. The average Bonchev–Trinajstić information content (AvgIpc) is 2.05. The van der Waals surface area contributed by atoms with Gasteiger partial charge in [0.05, 0.1) is 0 Å². The number of aliphatic hydroxyl groups is 2. The Balaban J connectivity index is -0.0000000809. The molecule has 0 aromatic rings. The molecule has 110 valence electrons. The van der Waals surface area contributed by atoms with Gasteiger partial charge in [0.2, 0.25) is 0 Å². The SMILES string of the molecule is CC(C)(C)[Si](C)(C)O.CO.CO.C[Si](C)(C)O. The van der Waals surface area contributed by atoms with E-state index in [9.17, 15) is 4.80 Å². The molecule has 6 heteroatoms. The molecule has 4 nitrogen and oxygen atoms in total. The summed E-state index contributed by atoms with van der Waals surface area (Å²) in [5, 5.41) is 14.1. The first kappa shape index (κ1) is 26.0. The van der Waals surface area contributed by atoms with Gasteiger partial charge in [-0.25, -0.2) is 0 Å². The van der Waals surface area contributed by atoms with Crippen molar-refractivity contribution in [2.75, 3.05) is 14.2 Å². The molecule has 0 saturated heterocycles. The van der Waals surface area contributed by atoms with Gasteiger partial charge in [-0.05, 0) is 37.8 Å². The van der Waals surface area contributed by atoms with Crippen LogP contribution in [0.5, 0.6) is 0 Å². The largest absolute Gasteiger partial charge is 0.433 e. The summed E-state index contributed by atoms with van der Waals surface area (Å²) in [5.41, 5.74) is 0. The van der Waals surface area contributed by atoms with Crippen molar-refractivity contribution in [3.8, 4) is 0 Å². The lowest BCUT2D eigenvalue weighted by atomic mass is 10.2. The smallest absolute Gasteiger partial charge is 0.187 e. The van der Waals surface area contributed by atoms with Crippen LogP contribution >= 0.6 is 0 Å². The van der Waals surface area contributed by atoms with E-state index in [1.165, 1.54) is 0 Å². The Morgan fingerprint density at radius 3 is 0.706 bits per heavy atom. The van der Waals surface area contributed by atoms with Crippen LogP contribution in [0.3, 0.4) is 0 Å². The van der Waals surface area contributed by atoms with Crippen LogP contribution in [0, 0.1) is 0 Å². The highest BCUT2D eigenvalue weighted by atomic mass is 28.4. The van der Waals surface area contributed by atoms with Gasteiger partial charge in [0.1, 0.15) is 0 Å². The lowest BCUT2D eigenvalue weighted by Gasteiger charge is -2.30. The molecule has 0 aliphatic carbocycles. The Morgan fingerprint density at radius 1 is 0.647 bits per heavy atom. The molecule has 0 heterocycles. The minimum Gasteiger partial charge on any atom is -0.433 e. The fourth-order valence-corrected chi connectivity index (χ4v) is 0. The van der Waals surface area contributed by atoms with Gasteiger partial charge in [0.15, 0.2) is 16.6 Å². The third kappa shape index (κ3) is 38.6. The number of aliphatic hydroxyl groups excluding tert-OH is 2. The molecule has 0 atom stereocenters. The topological polar surface area (TPSA) is 80.9 Å². The number of hydrogen-bond acceptors (Lipinski definition) is 4. The summed E-state index contributed by atoms with van der Waals surface area (Å²) < 4.78 is 0. The molecule has 0 aliphatic rings. The van der Waals surface area contributed by atoms with Crippen LogP contribution in [0.25, 0.3) is 0 Å². The maximum absolute atomic E-state index is 9.49. The molecule has 0 unspecified atom stereocenters. The van der Waals surface area contributed by atoms with E-state index in [2.05, 4.69) is 20.8 Å². The Bertz CT molecular complexity index is 125. The Labute approximate surface area is 110 Å². The Kier molecular flexibility index (Phi) is 17.4. The van der Waals surface area contributed by atoms with Crippen LogP contribution in [0.2, 0.25) is 37.8 Å². The van der Waals surface area contributed by atoms with E-state index in [0.717, 1.165) is 14.2 Å². The fraction of sp³-hybridized carbons (Fsp3) is 1.00. The van der Waals surface area contributed by atoms with Crippen LogP contribution in [0.1, 0.15) is 20.8 Å². The zero-order valence-electron chi connectivity index (χ0n) is 13.3. The average molecular weight is 287 g/mol. The molecule has 0 rings (SSSR count). The van der Waals surface area contributed by atoms with Crippen LogP contribution < -0.4 is 0 Å². The first-order valence-electron chi connectivity index (χ1n) is 5.59. The molecule has 17 heavy (non-hydrogen) atoms. The summed E-state index contributed by atoms with van der Waals surface area (Å²) >= 11 is 0. The van der Waals surface area contributed by atoms with Crippen molar-refractivity contribution in [2.45, 2.75) is 58.5 Å². The predicted octanol–water partition coefficient (Wildman–Crippen LogP) is 2.01. The van der Waals surface area contributed by atoms with Crippen molar-refractivity contribution < 1.29 is 19.8 Å². The molecular formula is C11H34O4Si2. The highest BCUT2D eigenvalue weighted by molar-refractivity contribution is 6.72. The molecule has 0 aromatic heterocycles. The second-order valence-electron chi connectivity index (χ2n) is 5.98. The molecule has 0 amide bonds. The van der Waals surface area contributed by atoms with E-state index in [-0.39, 0.29) is 5.04 Å². The molecule has 0 bridgehead atoms. The van der Waals surface area contributed by atoms with Gasteiger partial charge in [-0.15, -0.1) is 0 Å². The van der Waals surface area contributed by atoms with E-state index in [0.29, 0.717) is 0 Å². The Hall–Kier alpha value is 0.274. The summed E-state index contributed by atoms with van der Waals surface area (Å²) in [6.07, 6.45) is 0. The van der Waals surface area contributed by atoms with Crippen LogP contribution in [-0.2, 0) is 0 Å². The molecule has 0 aliphatic heterocycles. The number of hydrogen-bond donors (Lipinski definition) is 4. The van der Waals surface area contributed by atoms with Gasteiger partial charge in [0, 0.05) is 14.2 Å². The van der Waals surface area contributed by atoms with Crippen molar-refractivity contribution in [2.24, 2.45) is 0 Å². The quantitative estimate of drug-likeness (QED) is 0.514. The van der Waals surface area contributed by atoms with E-state index in [1.807, 2.05) is 32.7 Å². The predicted molar refractivity (Wildman–Crippen MR) is 81.3 cm³/mol. The van der Waals surface area contributed by atoms with E-state index in [1.54, 1.807) is 0 Å². The van der Waals surface area contributed by atoms with Gasteiger partial charge in [-0.1, -0.05) is 20.8 Å². The van der Waals surface area contributed by atoms with Crippen molar-refractivity contribution in [3.05, 3.63) is 0 Å². The van der Waals surface area contributed by atoms with Crippen molar-refractivity contribution in [3.63, 3.8) is 0 Å². The highest BCUT2D eigenvalue weighted by Crippen LogP contribution is 2.33. The van der Waals surface area contributed by atoms with Gasteiger partial charge in [0.25, 0.3) is 0 Å². The minimum atomic E-state index is -1.86. The first-order valence-corrected chi connectivity index (χ1v) is 12.0. The lowest BCUT2D eigenvalue weighted by molar-refractivity contribution is 0.399. The van der Waals surface area contributed by atoms with E-state index >= 15 is 0 Å². The molecular weight excluding hydrogens is 252 g/mol. The summed E-state index contributed by atoms with van der Waals surface area (Å²) in [5.74, 6) is 0. The first-order chi connectivity index (χ1) is 7.25. The van der Waals surface area contributed by atoms with Gasteiger partial charge in [-0.3, -0.25) is 0 Å². The zero-order chi connectivity index (χ0) is 15.5. The number of rotatable bonds is 0. The molecule has 0 fully saturated rings. The summed E-state index contributed by atoms with van der Waals surface area (Å²) in [6, 6.07) is 0. The third-order valence-electron chi connectivity index (χ3n) is 1.84. The van der Waals surface area contributed by atoms with Gasteiger partial charge in [-0.2, -0.15) is 0 Å². The van der Waals surface area contributed by atoms with E-state index in [4.69, 9.17) is 15.0 Å². The molecule has 4 N–H and O–H groups in total. The van der Waals surface area contributed by atoms with Crippen LogP contribution in [-0.4, -0.2) is 50.7 Å². The summed E-state index contributed by atoms with van der Waals surface area (Å²) in [6.45, 7) is 15.8. The third-order valence-corrected chi connectivity index (χ3v) is 5.51. The molecule has 0 spiro atoms.